The molecule has 0 saturated heterocycles. The third-order valence-corrected chi connectivity index (χ3v) is 10.2. The van der Waals surface area contributed by atoms with E-state index in [1.165, 1.54) is 71.7 Å². The fourth-order valence-electron chi connectivity index (χ4n) is 7.89. The Balaban J connectivity index is 1.24. The van der Waals surface area contributed by atoms with Gasteiger partial charge in [0.15, 0.2) is 0 Å². The third kappa shape index (κ3) is 4.47. The highest BCUT2D eigenvalue weighted by molar-refractivity contribution is 6.13. The predicted octanol–water partition coefficient (Wildman–Crippen LogP) is 13.1. The van der Waals surface area contributed by atoms with Crippen LogP contribution in [0.1, 0.15) is 25.0 Å². The minimum Gasteiger partial charge on any atom is -0.310 e. The van der Waals surface area contributed by atoms with Crippen molar-refractivity contribution in [2.24, 2.45) is 0 Å². The molecule has 0 N–H and O–H groups in total. The Morgan fingerprint density at radius 1 is 0.396 bits per heavy atom. The molecule has 0 unspecified atom stereocenters. The van der Waals surface area contributed by atoms with Crippen molar-refractivity contribution in [3.63, 3.8) is 0 Å². The summed E-state index contributed by atoms with van der Waals surface area (Å²) in [5.74, 6) is 0. The molecule has 1 aliphatic rings. The summed E-state index contributed by atoms with van der Waals surface area (Å²) in [5.41, 5.74) is 13.6. The Morgan fingerprint density at radius 3 is 1.88 bits per heavy atom. The average Bonchev–Trinajstić information content (AvgIpc) is 3.39. The number of fused-ring (bicyclic) bond motifs is 6. The molecule has 0 atom stereocenters. The topological polar surface area (TPSA) is 3.24 Å². The molecule has 8 aromatic carbocycles. The molecular weight excluding hydrogens is 579 g/mol. The van der Waals surface area contributed by atoms with Gasteiger partial charge < -0.3 is 4.90 Å². The summed E-state index contributed by atoms with van der Waals surface area (Å²) >= 11 is 0. The van der Waals surface area contributed by atoms with Crippen molar-refractivity contribution in [1.82, 2.24) is 0 Å². The summed E-state index contributed by atoms with van der Waals surface area (Å²) in [4.78, 5) is 2.45. The van der Waals surface area contributed by atoms with E-state index in [0.717, 1.165) is 11.4 Å². The van der Waals surface area contributed by atoms with Crippen LogP contribution in [0.2, 0.25) is 0 Å². The van der Waals surface area contributed by atoms with Gasteiger partial charge >= 0.3 is 0 Å². The van der Waals surface area contributed by atoms with Crippen molar-refractivity contribution in [2.45, 2.75) is 19.3 Å². The second-order valence-electron chi connectivity index (χ2n) is 13.4. The van der Waals surface area contributed by atoms with E-state index in [1.54, 1.807) is 0 Å². The number of benzene rings is 8. The van der Waals surface area contributed by atoms with Crippen LogP contribution in [-0.4, -0.2) is 0 Å². The maximum atomic E-state index is 2.45. The molecule has 0 spiro atoms. The third-order valence-electron chi connectivity index (χ3n) is 10.2. The number of rotatable bonds is 5. The molecule has 48 heavy (non-hydrogen) atoms. The molecule has 1 heteroatoms. The summed E-state index contributed by atoms with van der Waals surface area (Å²) in [7, 11) is 0. The molecule has 0 amide bonds. The van der Waals surface area contributed by atoms with E-state index in [-0.39, 0.29) is 5.41 Å². The molecule has 1 nitrogen and oxygen atoms in total. The summed E-state index contributed by atoms with van der Waals surface area (Å²) in [6.07, 6.45) is 0. The minimum absolute atomic E-state index is 0.0828. The number of hydrogen-bond donors (Lipinski definition) is 0. The Kier molecular flexibility index (Phi) is 6.55. The fraction of sp³-hybridized carbons (Fsp3) is 0.0638. The van der Waals surface area contributed by atoms with Crippen LogP contribution in [0.4, 0.5) is 17.1 Å². The molecule has 1 aliphatic carbocycles. The lowest BCUT2D eigenvalue weighted by molar-refractivity contribution is 0.660. The first-order valence-electron chi connectivity index (χ1n) is 16.8. The second-order valence-corrected chi connectivity index (χ2v) is 13.4. The second kappa shape index (κ2) is 11.1. The van der Waals surface area contributed by atoms with Gasteiger partial charge in [-0.3, -0.25) is 0 Å². The van der Waals surface area contributed by atoms with Gasteiger partial charge in [0.05, 0.1) is 5.69 Å². The Bertz CT molecular complexity index is 2470. The zero-order valence-corrected chi connectivity index (χ0v) is 27.2. The maximum Gasteiger partial charge on any atom is 0.0543 e. The van der Waals surface area contributed by atoms with Crippen LogP contribution in [0.3, 0.4) is 0 Å². The Labute approximate surface area is 282 Å². The zero-order valence-electron chi connectivity index (χ0n) is 27.2. The standard InChI is InChI=1S/C47H35N/c1-47(2)43-23-11-10-22-41(43)46-44(47)24-13-25-45(46)48(37-18-12-17-34(30-37)32-14-4-3-5-15-32)36-28-26-33(27-29-36)42-31-35-16-6-7-19-38(35)39-20-8-9-21-40(39)42/h3-31H,1-2H3. The van der Waals surface area contributed by atoms with E-state index in [0.29, 0.717) is 0 Å². The molecule has 9 rings (SSSR count). The van der Waals surface area contributed by atoms with Crippen LogP contribution >= 0.6 is 0 Å². The van der Waals surface area contributed by atoms with Gasteiger partial charge in [-0.25, -0.2) is 0 Å². The van der Waals surface area contributed by atoms with Gasteiger partial charge in [-0.2, -0.15) is 0 Å². The first-order chi connectivity index (χ1) is 23.6. The van der Waals surface area contributed by atoms with Crippen LogP contribution in [0, 0.1) is 0 Å². The summed E-state index contributed by atoms with van der Waals surface area (Å²) in [5, 5.41) is 5.11. The smallest absolute Gasteiger partial charge is 0.0543 e. The first-order valence-corrected chi connectivity index (χ1v) is 16.8. The lowest BCUT2D eigenvalue weighted by Crippen LogP contribution is -2.16. The molecule has 0 saturated carbocycles. The van der Waals surface area contributed by atoms with Crippen molar-refractivity contribution in [3.8, 4) is 33.4 Å². The van der Waals surface area contributed by atoms with Crippen LogP contribution < -0.4 is 4.90 Å². The number of hydrogen-bond acceptors (Lipinski definition) is 1. The van der Waals surface area contributed by atoms with E-state index in [4.69, 9.17) is 0 Å². The molecule has 228 valence electrons. The van der Waals surface area contributed by atoms with Crippen molar-refractivity contribution >= 4 is 38.6 Å². The SMILES string of the molecule is CC1(C)c2ccccc2-c2c(N(c3ccc(-c4cc5ccccc5c5ccccc45)cc3)c3cccc(-c4ccccc4)c3)cccc21. The monoisotopic (exact) mass is 613 g/mol. The molecule has 0 bridgehead atoms. The van der Waals surface area contributed by atoms with E-state index >= 15 is 0 Å². The molecule has 0 heterocycles. The van der Waals surface area contributed by atoms with Crippen molar-refractivity contribution in [1.29, 1.82) is 0 Å². The van der Waals surface area contributed by atoms with Crippen LogP contribution in [0.25, 0.3) is 54.9 Å². The van der Waals surface area contributed by atoms with Gasteiger partial charge in [0.2, 0.25) is 0 Å². The van der Waals surface area contributed by atoms with Crippen LogP contribution in [0.15, 0.2) is 176 Å². The molecule has 0 radical (unpaired) electrons. The number of anilines is 3. The zero-order chi connectivity index (χ0) is 32.2. The largest absolute Gasteiger partial charge is 0.310 e. The molecule has 0 aromatic heterocycles. The average molecular weight is 614 g/mol. The van der Waals surface area contributed by atoms with Gasteiger partial charge in [0.25, 0.3) is 0 Å². The summed E-state index contributed by atoms with van der Waals surface area (Å²) in [6.45, 7) is 4.70. The maximum absolute atomic E-state index is 2.45. The minimum atomic E-state index is -0.0828. The van der Waals surface area contributed by atoms with E-state index in [9.17, 15) is 0 Å². The highest BCUT2D eigenvalue weighted by atomic mass is 15.1. The summed E-state index contributed by atoms with van der Waals surface area (Å²) < 4.78 is 0. The van der Waals surface area contributed by atoms with Gasteiger partial charge in [0.1, 0.15) is 0 Å². The van der Waals surface area contributed by atoms with Crippen LogP contribution in [0.5, 0.6) is 0 Å². The van der Waals surface area contributed by atoms with Crippen molar-refractivity contribution in [3.05, 3.63) is 187 Å². The molecular formula is C47H35N. The number of nitrogens with zero attached hydrogens (tertiary/aromatic N) is 1. The van der Waals surface area contributed by atoms with Crippen LogP contribution in [-0.2, 0) is 5.41 Å². The van der Waals surface area contributed by atoms with Gasteiger partial charge in [-0.1, -0.05) is 153 Å². The van der Waals surface area contributed by atoms with E-state index < -0.39 is 0 Å². The van der Waals surface area contributed by atoms with Gasteiger partial charge in [-0.05, 0) is 96.9 Å². The normalized spacial score (nSPS) is 13.0. The van der Waals surface area contributed by atoms with Gasteiger partial charge in [0, 0.05) is 22.4 Å². The lowest BCUT2D eigenvalue weighted by Gasteiger charge is -2.29. The van der Waals surface area contributed by atoms with Crippen molar-refractivity contribution < 1.29 is 0 Å². The molecule has 0 fully saturated rings. The molecule has 0 aliphatic heterocycles. The summed E-state index contributed by atoms with van der Waals surface area (Å²) in [6, 6.07) is 64.4. The first kappa shape index (κ1) is 28.3. The highest BCUT2D eigenvalue weighted by Crippen LogP contribution is 2.54. The van der Waals surface area contributed by atoms with E-state index in [2.05, 4.69) is 195 Å². The quantitative estimate of drug-likeness (QED) is 0.175. The van der Waals surface area contributed by atoms with Crippen molar-refractivity contribution in [2.75, 3.05) is 4.90 Å². The Morgan fingerprint density at radius 2 is 1.04 bits per heavy atom. The van der Waals surface area contributed by atoms with Gasteiger partial charge in [-0.15, -0.1) is 0 Å². The Hall–Kier alpha value is -5.92. The highest BCUT2D eigenvalue weighted by Gasteiger charge is 2.37. The molecule has 8 aromatic rings. The lowest BCUT2D eigenvalue weighted by atomic mass is 9.82. The predicted molar refractivity (Wildman–Crippen MR) is 205 cm³/mol. The fourth-order valence-corrected chi connectivity index (χ4v) is 7.89. The van der Waals surface area contributed by atoms with E-state index in [1.807, 2.05) is 0 Å².